The first-order valence-electron chi connectivity index (χ1n) is 8.86. The molecule has 0 bridgehead atoms. The van der Waals surface area contributed by atoms with Gasteiger partial charge in [-0.15, -0.1) is 0 Å². The molecule has 0 radical (unpaired) electrons. The van der Waals surface area contributed by atoms with Crippen LogP contribution in [0, 0.1) is 5.92 Å². The first-order valence-corrected chi connectivity index (χ1v) is 8.86. The second-order valence-corrected chi connectivity index (χ2v) is 7.56. The summed E-state index contributed by atoms with van der Waals surface area (Å²) in [6, 6.07) is -0.237. The number of hydrogen-bond donors (Lipinski definition) is 1. The fourth-order valence-electron chi connectivity index (χ4n) is 3.89. The molecule has 2 aliphatic rings. The summed E-state index contributed by atoms with van der Waals surface area (Å²) in [6.45, 7) is 1.60. The average molecular weight is 360 g/mol. The number of piperidine rings is 1. The number of alkyl halides is 3. The van der Waals surface area contributed by atoms with Crippen LogP contribution >= 0.6 is 0 Å². The van der Waals surface area contributed by atoms with Crippen molar-refractivity contribution in [2.24, 2.45) is 11.7 Å². The second-order valence-electron chi connectivity index (χ2n) is 7.56. The fraction of sp³-hybridized carbons (Fsp3) is 0.875. The largest absolute Gasteiger partial charge is 0.408 e. The highest BCUT2D eigenvalue weighted by Crippen LogP contribution is 2.31. The van der Waals surface area contributed by atoms with Gasteiger partial charge in [0.25, 0.3) is 0 Å². The molecule has 0 aliphatic carbocycles. The lowest BCUT2D eigenvalue weighted by atomic mass is 9.94. The average Bonchev–Trinajstić information content (AvgIpc) is 3.02. The third-order valence-electron chi connectivity index (χ3n) is 5.26. The van der Waals surface area contributed by atoms with Crippen LogP contribution in [0.25, 0.3) is 0 Å². The van der Waals surface area contributed by atoms with Gasteiger partial charge in [-0.3, -0.25) is 4.90 Å². The molecule has 0 spiro atoms. The standard InChI is InChI=1S/C16H27F3N6/c1-23-5-3-11(4-6-23)7-14-21-15(13-8-12(20)9-24(13)2)25(22-14)10-16(17,18)19/h11-13H,3-10,20H2,1-2H3/t12-,13-/m0/s1. The van der Waals surface area contributed by atoms with Crippen LogP contribution in [0.2, 0.25) is 0 Å². The number of likely N-dealkylation sites (N-methyl/N-ethyl adjacent to an activating group) is 1. The molecule has 0 unspecified atom stereocenters. The van der Waals surface area contributed by atoms with E-state index in [0.29, 0.717) is 37.0 Å². The molecule has 0 saturated carbocycles. The lowest BCUT2D eigenvalue weighted by molar-refractivity contribution is -0.143. The van der Waals surface area contributed by atoms with Crippen LogP contribution < -0.4 is 5.73 Å². The summed E-state index contributed by atoms with van der Waals surface area (Å²) in [5, 5.41) is 4.22. The highest BCUT2D eigenvalue weighted by atomic mass is 19.4. The van der Waals surface area contributed by atoms with E-state index in [9.17, 15) is 13.2 Å². The Labute approximate surface area is 146 Å². The van der Waals surface area contributed by atoms with Crippen molar-refractivity contribution in [2.45, 2.75) is 50.5 Å². The Balaban J connectivity index is 1.79. The number of aromatic nitrogens is 3. The number of likely N-dealkylation sites (tertiary alicyclic amines) is 2. The third-order valence-corrected chi connectivity index (χ3v) is 5.26. The Hall–Kier alpha value is -1.19. The van der Waals surface area contributed by atoms with Gasteiger partial charge in [0.05, 0.1) is 6.04 Å². The van der Waals surface area contributed by atoms with Crippen LogP contribution in [0.3, 0.4) is 0 Å². The monoisotopic (exact) mass is 360 g/mol. The third kappa shape index (κ3) is 4.71. The Morgan fingerprint density at radius 3 is 2.44 bits per heavy atom. The molecular weight excluding hydrogens is 333 g/mol. The van der Waals surface area contributed by atoms with Crippen LogP contribution in [-0.4, -0.2) is 70.5 Å². The van der Waals surface area contributed by atoms with Gasteiger partial charge >= 0.3 is 6.18 Å². The Kier molecular flexibility index (Phi) is 5.36. The zero-order chi connectivity index (χ0) is 18.2. The van der Waals surface area contributed by atoms with E-state index >= 15 is 0 Å². The van der Waals surface area contributed by atoms with Gasteiger partial charge in [0.15, 0.2) is 5.82 Å². The summed E-state index contributed by atoms with van der Waals surface area (Å²) in [5.74, 6) is 1.37. The maximum atomic E-state index is 13.0. The van der Waals surface area contributed by atoms with Crippen LogP contribution in [0.5, 0.6) is 0 Å². The van der Waals surface area contributed by atoms with E-state index in [4.69, 9.17) is 5.73 Å². The molecule has 2 atom stereocenters. The number of nitrogens with two attached hydrogens (primary N) is 1. The van der Waals surface area contributed by atoms with E-state index in [1.165, 1.54) is 0 Å². The Morgan fingerprint density at radius 2 is 1.88 bits per heavy atom. The van der Waals surface area contributed by atoms with Crippen molar-refractivity contribution >= 4 is 0 Å². The zero-order valence-electron chi connectivity index (χ0n) is 14.8. The minimum Gasteiger partial charge on any atom is -0.326 e. The van der Waals surface area contributed by atoms with Gasteiger partial charge < -0.3 is 10.6 Å². The molecule has 1 aromatic heterocycles. The molecule has 2 aliphatic heterocycles. The summed E-state index contributed by atoms with van der Waals surface area (Å²) in [4.78, 5) is 8.76. The summed E-state index contributed by atoms with van der Waals surface area (Å²) in [7, 11) is 3.96. The maximum absolute atomic E-state index is 13.0. The second kappa shape index (κ2) is 7.20. The smallest absolute Gasteiger partial charge is 0.326 e. The molecule has 25 heavy (non-hydrogen) atoms. The molecule has 2 fully saturated rings. The van der Waals surface area contributed by atoms with Gasteiger partial charge in [0, 0.05) is 19.0 Å². The normalized spacial score (nSPS) is 27.3. The highest BCUT2D eigenvalue weighted by Gasteiger charge is 2.36. The van der Waals surface area contributed by atoms with E-state index < -0.39 is 12.7 Å². The van der Waals surface area contributed by atoms with Crippen molar-refractivity contribution < 1.29 is 13.2 Å². The molecule has 9 heteroatoms. The first kappa shape index (κ1) is 18.6. The van der Waals surface area contributed by atoms with Crippen LogP contribution in [0.15, 0.2) is 0 Å². The maximum Gasteiger partial charge on any atom is 0.408 e. The Morgan fingerprint density at radius 1 is 1.20 bits per heavy atom. The first-order chi connectivity index (χ1) is 11.7. The molecular formula is C16H27F3N6. The lowest BCUT2D eigenvalue weighted by Crippen LogP contribution is -2.31. The van der Waals surface area contributed by atoms with Crippen molar-refractivity contribution in [1.29, 1.82) is 0 Å². The van der Waals surface area contributed by atoms with Crippen molar-refractivity contribution in [1.82, 2.24) is 24.6 Å². The van der Waals surface area contributed by atoms with Crippen molar-refractivity contribution in [3.63, 3.8) is 0 Å². The molecule has 2 N–H and O–H groups in total. The molecule has 0 amide bonds. The minimum absolute atomic E-state index is 0.0385. The van der Waals surface area contributed by atoms with Crippen molar-refractivity contribution in [3.05, 3.63) is 11.6 Å². The molecule has 3 rings (SSSR count). The van der Waals surface area contributed by atoms with Crippen LogP contribution in [0.4, 0.5) is 13.2 Å². The molecule has 1 aromatic rings. The number of halogens is 3. The topological polar surface area (TPSA) is 63.2 Å². The molecule has 3 heterocycles. The van der Waals surface area contributed by atoms with Gasteiger partial charge in [-0.25, -0.2) is 9.67 Å². The molecule has 142 valence electrons. The number of nitrogens with zero attached hydrogens (tertiary/aromatic N) is 5. The van der Waals surface area contributed by atoms with Gasteiger partial charge in [-0.2, -0.15) is 18.3 Å². The van der Waals surface area contributed by atoms with Gasteiger partial charge in [-0.1, -0.05) is 0 Å². The SMILES string of the molecule is CN1CCC(Cc2nc([C@@H]3C[C@H](N)CN3C)n(CC(F)(F)F)n2)CC1. The van der Waals surface area contributed by atoms with Crippen LogP contribution in [-0.2, 0) is 13.0 Å². The van der Waals surface area contributed by atoms with E-state index in [-0.39, 0.29) is 12.1 Å². The summed E-state index contributed by atoms with van der Waals surface area (Å²) >= 11 is 0. The number of rotatable bonds is 4. The van der Waals surface area contributed by atoms with Gasteiger partial charge in [-0.05, 0) is 52.4 Å². The molecule has 6 nitrogen and oxygen atoms in total. The quantitative estimate of drug-likeness (QED) is 0.880. The zero-order valence-corrected chi connectivity index (χ0v) is 14.8. The van der Waals surface area contributed by atoms with Crippen molar-refractivity contribution in [3.8, 4) is 0 Å². The predicted octanol–water partition coefficient (Wildman–Crippen LogP) is 1.43. The summed E-state index contributed by atoms with van der Waals surface area (Å²) in [5.41, 5.74) is 5.97. The highest BCUT2D eigenvalue weighted by molar-refractivity contribution is 5.05. The minimum atomic E-state index is -4.31. The lowest BCUT2D eigenvalue weighted by Gasteiger charge is -2.28. The predicted molar refractivity (Wildman–Crippen MR) is 88.0 cm³/mol. The van der Waals surface area contributed by atoms with Gasteiger partial charge in [0.1, 0.15) is 12.4 Å². The molecule has 2 saturated heterocycles. The Bertz CT molecular complexity index is 579. The van der Waals surface area contributed by atoms with E-state index in [1.807, 2.05) is 11.9 Å². The van der Waals surface area contributed by atoms with E-state index in [0.717, 1.165) is 30.6 Å². The molecule has 0 aromatic carbocycles. The summed E-state index contributed by atoms with van der Waals surface area (Å²) < 4.78 is 39.9. The van der Waals surface area contributed by atoms with Crippen LogP contribution in [0.1, 0.15) is 37.0 Å². The van der Waals surface area contributed by atoms with Gasteiger partial charge in [0.2, 0.25) is 0 Å². The van der Waals surface area contributed by atoms with E-state index in [1.54, 1.807) is 0 Å². The van der Waals surface area contributed by atoms with Crippen molar-refractivity contribution in [2.75, 3.05) is 33.7 Å². The fourth-order valence-corrected chi connectivity index (χ4v) is 3.89. The van der Waals surface area contributed by atoms with E-state index in [2.05, 4.69) is 22.0 Å². The number of hydrogen-bond acceptors (Lipinski definition) is 5. The summed E-state index contributed by atoms with van der Waals surface area (Å²) in [6.07, 6.45) is -0.983.